The van der Waals surface area contributed by atoms with Gasteiger partial charge in [0.2, 0.25) is 0 Å². The van der Waals surface area contributed by atoms with Gasteiger partial charge in [-0.1, -0.05) is 0 Å². The molecule has 0 aliphatic heterocycles. The molecule has 0 saturated carbocycles. The number of hydrogen-bond acceptors (Lipinski definition) is 4. The number of carboxylic acid groups (broad SMARTS) is 1. The molecule has 0 aromatic rings. The summed E-state index contributed by atoms with van der Waals surface area (Å²) < 4.78 is 0. The molecular weight excluding hydrogens is 134 g/mol. The Bertz CT molecular complexity index is 115. The zero-order valence-corrected chi connectivity index (χ0v) is 5.66. The quantitative estimate of drug-likeness (QED) is 0.358. The van der Waals surface area contributed by atoms with Crippen molar-refractivity contribution in [3.8, 4) is 0 Å². The van der Waals surface area contributed by atoms with Crippen molar-refractivity contribution in [1.29, 1.82) is 0 Å². The lowest BCUT2D eigenvalue weighted by Crippen LogP contribution is -2.36. The van der Waals surface area contributed by atoms with E-state index < -0.39 is 18.2 Å². The van der Waals surface area contributed by atoms with E-state index in [-0.39, 0.29) is 0 Å². The topological polar surface area (TPSA) is 115 Å². The normalized spacial score (nSPS) is 13.6. The van der Waals surface area contributed by atoms with Crippen LogP contribution in [0.3, 0.4) is 0 Å². The molecule has 0 rings (SSSR count). The van der Waals surface area contributed by atoms with Gasteiger partial charge < -0.3 is 22.3 Å². The molecule has 0 aromatic heterocycles. The molecule has 1 atom stereocenters. The Labute approximate surface area is 59.2 Å². The van der Waals surface area contributed by atoms with E-state index in [0.717, 1.165) is 0 Å². The first kappa shape index (κ1) is 9.35. The fourth-order valence-corrected chi connectivity index (χ4v) is 0.495. The Hall–Kier alpha value is -0.650. The van der Waals surface area contributed by atoms with Crippen molar-refractivity contribution in [2.24, 2.45) is 17.2 Å². The minimum atomic E-state index is -1.01. The zero-order chi connectivity index (χ0) is 8.15. The molecule has 5 heteroatoms. The first-order valence-corrected chi connectivity index (χ1v) is 3.03. The predicted molar refractivity (Wildman–Crippen MR) is 37.0 cm³/mol. The molecule has 0 aliphatic rings. The van der Waals surface area contributed by atoms with E-state index in [1.807, 2.05) is 0 Å². The Balaban J connectivity index is 3.40. The summed E-state index contributed by atoms with van der Waals surface area (Å²) in [5.74, 6) is -1.01. The van der Waals surface area contributed by atoms with Crippen LogP contribution in [0.2, 0.25) is 0 Å². The second-order valence-corrected chi connectivity index (χ2v) is 2.19. The minimum Gasteiger partial charge on any atom is -0.480 e. The summed E-state index contributed by atoms with van der Waals surface area (Å²) in [4.78, 5) is 10.1. The molecule has 0 aliphatic carbocycles. The lowest BCUT2D eigenvalue weighted by Gasteiger charge is -2.07. The second kappa shape index (κ2) is 4.21. The molecule has 0 aromatic carbocycles. The summed E-state index contributed by atoms with van der Waals surface area (Å²) in [7, 11) is 0. The van der Waals surface area contributed by atoms with Gasteiger partial charge in [0.05, 0.1) is 6.17 Å². The first-order valence-electron chi connectivity index (χ1n) is 3.03. The largest absolute Gasteiger partial charge is 0.480 e. The van der Waals surface area contributed by atoms with Crippen molar-refractivity contribution in [1.82, 2.24) is 0 Å². The van der Waals surface area contributed by atoms with Crippen molar-refractivity contribution in [2.75, 3.05) is 0 Å². The third-order valence-electron chi connectivity index (χ3n) is 1.13. The summed E-state index contributed by atoms with van der Waals surface area (Å²) >= 11 is 0. The van der Waals surface area contributed by atoms with Crippen LogP contribution in [0.5, 0.6) is 0 Å². The lowest BCUT2D eigenvalue weighted by atomic mass is 10.1. The first-order chi connectivity index (χ1) is 4.54. The highest BCUT2D eigenvalue weighted by atomic mass is 16.4. The number of aliphatic carboxylic acids is 1. The number of carbonyl (C=O) groups is 1. The average molecular weight is 147 g/mol. The van der Waals surface area contributed by atoms with E-state index in [2.05, 4.69) is 0 Å². The van der Waals surface area contributed by atoms with Crippen molar-refractivity contribution in [3.63, 3.8) is 0 Å². The summed E-state index contributed by atoms with van der Waals surface area (Å²) in [6.07, 6.45) is 0.297. The van der Waals surface area contributed by atoms with E-state index in [1.165, 1.54) is 0 Å². The summed E-state index contributed by atoms with van der Waals surface area (Å²) in [5, 5.41) is 8.29. The van der Waals surface area contributed by atoms with E-state index in [4.69, 9.17) is 22.3 Å². The summed E-state index contributed by atoms with van der Waals surface area (Å²) in [6, 6.07) is -0.838. The molecule has 0 spiro atoms. The third-order valence-corrected chi connectivity index (χ3v) is 1.13. The van der Waals surface area contributed by atoms with Gasteiger partial charge in [-0.25, -0.2) is 0 Å². The van der Waals surface area contributed by atoms with E-state index >= 15 is 0 Å². The third kappa shape index (κ3) is 4.25. The van der Waals surface area contributed by atoms with Crippen molar-refractivity contribution < 1.29 is 9.90 Å². The van der Waals surface area contributed by atoms with Gasteiger partial charge in [0.25, 0.3) is 0 Å². The standard InChI is InChI=1S/C5H13N3O2/c6-3(5(9)10)1-2-4(7)8/h3-4H,1-2,6-8H2,(H,9,10). The predicted octanol–water partition coefficient (Wildman–Crippen LogP) is -1.58. The maximum absolute atomic E-state index is 10.1. The van der Waals surface area contributed by atoms with Crippen LogP contribution in [0.15, 0.2) is 0 Å². The van der Waals surface area contributed by atoms with Crippen molar-refractivity contribution >= 4 is 5.97 Å². The number of carboxylic acids is 1. The number of rotatable bonds is 4. The van der Waals surface area contributed by atoms with Crippen LogP contribution in [0, 0.1) is 0 Å². The fourth-order valence-electron chi connectivity index (χ4n) is 0.495. The Morgan fingerprint density at radius 1 is 1.30 bits per heavy atom. The van der Waals surface area contributed by atoms with E-state index in [0.29, 0.717) is 12.8 Å². The van der Waals surface area contributed by atoms with Crippen LogP contribution in [0.1, 0.15) is 12.8 Å². The highest BCUT2D eigenvalue weighted by Crippen LogP contribution is 1.94. The molecule has 0 fully saturated rings. The van der Waals surface area contributed by atoms with Crippen LogP contribution in [-0.4, -0.2) is 23.3 Å². The van der Waals surface area contributed by atoms with Gasteiger partial charge in [-0.3, -0.25) is 4.79 Å². The van der Waals surface area contributed by atoms with Crippen LogP contribution in [0.25, 0.3) is 0 Å². The van der Waals surface area contributed by atoms with Gasteiger partial charge in [-0.05, 0) is 12.8 Å². The summed E-state index contributed by atoms with van der Waals surface area (Å²) in [6.45, 7) is 0. The molecule has 0 bridgehead atoms. The maximum Gasteiger partial charge on any atom is 0.320 e. The van der Waals surface area contributed by atoms with E-state index in [1.54, 1.807) is 0 Å². The Kier molecular flexibility index (Phi) is 3.94. The fraction of sp³-hybridized carbons (Fsp3) is 0.800. The highest BCUT2D eigenvalue weighted by Gasteiger charge is 2.11. The van der Waals surface area contributed by atoms with Crippen molar-refractivity contribution in [3.05, 3.63) is 0 Å². The molecule has 0 heterocycles. The summed E-state index contributed by atoms with van der Waals surface area (Å²) in [5.41, 5.74) is 15.5. The molecule has 7 N–H and O–H groups in total. The second-order valence-electron chi connectivity index (χ2n) is 2.19. The molecule has 10 heavy (non-hydrogen) atoms. The maximum atomic E-state index is 10.1. The monoisotopic (exact) mass is 147 g/mol. The molecule has 0 radical (unpaired) electrons. The Morgan fingerprint density at radius 3 is 2.10 bits per heavy atom. The number of nitrogens with two attached hydrogens (primary N) is 3. The number of hydrogen-bond donors (Lipinski definition) is 4. The van der Waals surface area contributed by atoms with E-state index in [9.17, 15) is 4.79 Å². The van der Waals surface area contributed by atoms with Gasteiger partial charge in [-0.15, -0.1) is 0 Å². The molecule has 5 nitrogen and oxygen atoms in total. The van der Waals surface area contributed by atoms with Crippen LogP contribution >= 0.6 is 0 Å². The molecule has 0 saturated heterocycles. The van der Waals surface area contributed by atoms with Gasteiger partial charge >= 0.3 is 5.97 Å². The smallest absolute Gasteiger partial charge is 0.320 e. The average Bonchev–Trinajstić information content (AvgIpc) is 1.82. The molecule has 0 amide bonds. The van der Waals surface area contributed by atoms with Crippen LogP contribution in [-0.2, 0) is 4.79 Å². The SMILES string of the molecule is NC(N)CCC(N)C(=O)O. The zero-order valence-electron chi connectivity index (χ0n) is 5.66. The lowest BCUT2D eigenvalue weighted by molar-refractivity contribution is -0.138. The van der Waals surface area contributed by atoms with Crippen LogP contribution < -0.4 is 17.2 Å². The molecule has 60 valence electrons. The Morgan fingerprint density at radius 2 is 1.80 bits per heavy atom. The van der Waals surface area contributed by atoms with Gasteiger partial charge in [0.1, 0.15) is 6.04 Å². The minimum absolute atomic E-state index is 0.326. The molecular formula is C5H13N3O2. The van der Waals surface area contributed by atoms with Gasteiger partial charge in [0, 0.05) is 0 Å². The van der Waals surface area contributed by atoms with Crippen LogP contribution in [0.4, 0.5) is 0 Å². The van der Waals surface area contributed by atoms with Crippen molar-refractivity contribution in [2.45, 2.75) is 25.0 Å². The molecule has 1 unspecified atom stereocenters. The highest BCUT2D eigenvalue weighted by molar-refractivity contribution is 5.72. The van der Waals surface area contributed by atoms with Gasteiger partial charge in [-0.2, -0.15) is 0 Å². The van der Waals surface area contributed by atoms with Gasteiger partial charge in [0.15, 0.2) is 0 Å².